The van der Waals surface area contributed by atoms with E-state index in [1.54, 1.807) is 12.1 Å². The van der Waals surface area contributed by atoms with Crippen molar-refractivity contribution in [3.63, 3.8) is 0 Å². The van der Waals surface area contributed by atoms with Gasteiger partial charge < -0.3 is 13.6 Å². The first-order chi connectivity index (χ1) is 11.5. The van der Waals surface area contributed by atoms with Gasteiger partial charge in [0.25, 0.3) is 0 Å². The Morgan fingerprint density at radius 1 is 1.12 bits per heavy atom. The molecule has 0 amide bonds. The highest BCUT2D eigenvalue weighted by molar-refractivity contribution is 5.74. The van der Waals surface area contributed by atoms with E-state index in [1.807, 2.05) is 0 Å². The van der Waals surface area contributed by atoms with E-state index in [-0.39, 0.29) is 29.4 Å². The molecule has 3 rings (SSSR count). The van der Waals surface area contributed by atoms with Gasteiger partial charge in [-0.2, -0.15) is 13.2 Å². The number of rotatable bonds is 5. The summed E-state index contributed by atoms with van der Waals surface area (Å²) in [7, 11) is 0. The largest absolute Gasteiger partial charge is 0.485 e. The third-order valence-electron chi connectivity index (χ3n) is 3.27. The molecule has 24 heavy (non-hydrogen) atoms. The molecule has 0 fully saturated rings. The zero-order valence-corrected chi connectivity index (χ0v) is 12.2. The molecule has 0 aliphatic carbocycles. The van der Waals surface area contributed by atoms with Crippen LogP contribution in [0, 0.1) is 0 Å². The minimum atomic E-state index is -4.51. The van der Waals surface area contributed by atoms with Crippen molar-refractivity contribution in [3.05, 3.63) is 65.8 Å². The molecule has 1 aromatic carbocycles. The Bertz CT molecular complexity index is 832. The van der Waals surface area contributed by atoms with Gasteiger partial charge in [-0.05, 0) is 42.5 Å². The number of hydrogen-bond acceptors (Lipinski definition) is 4. The van der Waals surface area contributed by atoms with Crippen LogP contribution in [0.15, 0.2) is 57.6 Å². The Hall–Kier alpha value is -2.96. The summed E-state index contributed by atoms with van der Waals surface area (Å²) >= 11 is 0. The van der Waals surface area contributed by atoms with Crippen molar-refractivity contribution < 1.29 is 31.5 Å². The van der Waals surface area contributed by atoms with Gasteiger partial charge in [0, 0.05) is 0 Å². The van der Waals surface area contributed by atoms with Gasteiger partial charge in [-0.15, -0.1) is 0 Å². The summed E-state index contributed by atoms with van der Waals surface area (Å²) in [6.07, 6.45) is -2.57. The number of aldehydes is 1. The number of furan rings is 2. The molecule has 0 aliphatic heterocycles. The molecule has 4 nitrogen and oxygen atoms in total. The lowest BCUT2D eigenvalue weighted by molar-refractivity contribution is -0.137. The molecule has 7 heteroatoms. The van der Waals surface area contributed by atoms with Crippen molar-refractivity contribution in [2.24, 2.45) is 0 Å². The number of hydrogen-bond donors (Lipinski definition) is 0. The van der Waals surface area contributed by atoms with Crippen molar-refractivity contribution in [2.45, 2.75) is 12.8 Å². The predicted octanol–water partition coefficient (Wildman–Crippen LogP) is 4.95. The molecule has 0 saturated heterocycles. The Balaban J connectivity index is 1.98. The first-order valence-electron chi connectivity index (χ1n) is 6.89. The van der Waals surface area contributed by atoms with Crippen LogP contribution in [0.1, 0.15) is 21.9 Å². The molecule has 3 aromatic rings. The van der Waals surface area contributed by atoms with Crippen LogP contribution in [-0.2, 0) is 12.8 Å². The lowest BCUT2D eigenvalue weighted by Crippen LogP contribution is -2.05. The van der Waals surface area contributed by atoms with Crippen molar-refractivity contribution >= 4 is 6.29 Å². The quantitative estimate of drug-likeness (QED) is 0.619. The molecule has 2 heterocycles. The maximum absolute atomic E-state index is 13.0. The Morgan fingerprint density at radius 3 is 2.58 bits per heavy atom. The monoisotopic (exact) mass is 336 g/mol. The van der Waals surface area contributed by atoms with E-state index in [9.17, 15) is 18.0 Å². The van der Waals surface area contributed by atoms with Crippen molar-refractivity contribution in [3.8, 4) is 17.1 Å². The maximum Gasteiger partial charge on any atom is 0.416 e. The van der Waals surface area contributed by atoms with Crippen LogP contribution >= 0.6 is 0 Å². The van der Waals surface area contributed by atoms with Crippen LogP contribution < -0.4 is 4.74 Å². The average Bonchev–Trinajstić information content (AvgIpc) is 3.23. The molecule has 0 aliphatic rings. The lowest BCUT2D eigenvalue weighted by atomic mass is 10.1. The number of carbonyl (C=O) groups excluding carboxylic acids is 1. The van der Waals surface area contributed by atoms with Crippen LogP contribution in [0.5, 0.6) is 5.75 Å². The standard InChI is InChI=1S/C17H11F3O4/c18-17(19,20)11-3-5-15(23-10-13-2-1-7-22-13)14(8-11)16-6-4-12(9-21)24-16/h1-9H,10H2. The van der Waals surface area contributed by atoms with E-state index in [4.69, 9.17) is 13.6 Å². The van der Waals surface area contributed by atoms with E-state index >= 15 is 0 Å². The normalized spacial score (nSPS) is 11.5. The first-order valence-corrected chi connectivity index (χ1v) is 6.89. The summed E-state index contributed by atoms with van der Waals surface area (Å²) in [6, 6.07) is 9.20. The molecule has 0 radical (unpaired) electrons. The highest BCUT2D eigenvalue weighted by atomic mass is 19.4. The molecular weight excluding hydrogens is 325 g/mol. The van der Waals surface area contributed by atoms with Gasteiger partial charge >= 0.3 is 6.18 Å². The molecule has 0 bridgehead atoms. The van der Waals surface area contributed by atoms with Gasteiger partial charge in [0.2, 0.25) is 0 Å². The summed E-state index contributed by atoms with van der Waals surface area (Å²) in [6.45, 7) is 0.0482. The highest BCUT2D eigenvalue weighted by Gasteiger charge is 2.31. The van der Waals surface area contributed by atoms with Gasteiger partial charge in [0.05, 0.1) is 17.4 Å². The van der Waals surface area contributed by atoms with Crippen molar-refractivity contribution in [1.29, 1.82) is 0 Å². The van der Waals surface area contributed by atoms with Gasteiger partial charge in [0.1, 0.15) is 23.9 Å². The second-order valence-corrected chi connectivity index (χ2v) is 4.90. The molecular formula is C17H11F3O4. The van der Waals surface area contributed by atoms with Crippen LogP contribution in [0.4, 0.5) is 13.2 Å². The average molecular weight is 336 g/mol. The second kappa shape index (κ2) is 6.27. The number of alkyl halides is 3. The zero-order valence-electron chi connectivity index (χ0n) is 12.2. The Kier molecular flexibility index (Phi) is 4.16. The number of benzene rings is 1. The maximum atomic E-state index is 13.0. The molecule has 2 aromatic heterocycles. The Labute approximate surface area is 134 Å². The number of carbonyl (C=O) groups is 1. The highest BCUT2D eigenvalue weighted by Crippen LogP contribution is 2.38. The van der Waals surface area contributed by atoms with E-state index < -0.39 is 11.7 Å². The van der Waals surface area contributed by atoms with Gasteiger partial charge in [-0.3, -0.25) is 4.79 Å². The molecule has 0 atom stereocenters. The van der Waals surface area contributed by atoms with E-state index in [0.717, 1.165) is 12.1 Å². The number of halogens is 3. The Morgan fingerprint density at radius 2 is 1.96 bits per heavy atom. The fraction of sp³-hybridized carbons (Fsp3) is 0.118. The van der Waals surface area contributed by atoms with E-state index in [1.165, 1.54) is 24.5 Å². The number of ether oxygens (including phenoxy) is 1. The summed E-state index contributed by atoms with van der Waals surface area (Å²) in [5, 5.41) is 0. The van der Waals surface area contributed by atoms with Crippen LogP contribution in [0.25, 0.3) is 11.3 Å². The summed E-state index contributed by atoms with van der Waals surface area (Å²) in [5.74, 6) is 0.831. The smallest absolute Gasteiger partial charge is 0.416 e. The molecule has 0 N–H and O–H groups in total. The van der Waals surface area contributed by atoms with Crippen LogP contribution in [-0.4, -0.2) is 6.29 Å². The fourth-order valence-electron chi connectivity index (χ4n) is 2.13. The SMILES string of the molecule is O=Cc1ccc(-c2cc(C(F)(F)F)ccc2OCc2ccco2)o1. The predicted molar refractivity (Wildman–Crippen MR) is 77.6 cm³/mol. The lowest BCUT2D eigenvalue weighted by Gasteiger charge is -2.13. The third-order valence-corrected chi connectivity index (χ3v) is 3.27. The van der Waals surface area contributed by atoms with Crippen LogP contribution in [0.2, 0.25) is 0 Å². The molecule has 0 unspecified atom stereocenters. The fourth-order valence-corrected chi connectivity index (χ4v) is 2.13. The minimum Gasteiger partial charge on any atom is -0.485 e. The summed E-state index contributed by atoms with van der Waals surface area (Å²) in [4.78, 5) is 10.7. The van der Waals surface area contributed by atoms with Crippen molar-refractivity contribution in [1.82, 2.24) is 0 Å². The zero-order chi connectivity index (χ0) is 17.2. The third kappa shape index (κ3) is 3.34. The minimum absolute atomic E-state index is 0.0133. The second-order valence-electron chi connectivity index (χ2n) is 4.90. The summed E-state index contributed by atoms with van der Waals surface area (Å²) in [5.41, 5.74) is -0.739. The molecule has 124 valence electrons. The summed E-state index contributed by atoms with van der Waals surface area (Å²) < 4.78 is 54.7. The van der Waals surface area contributed by atoms with Gasteiger partial charge in [-0.25, -0.2) is 0 Å². The molecule has 0 spiro atoms. The topological polar surface area (TPSA) is 52.6 Å². The first kappa shape index (κ1) is 15.9. The van der Waals surface area contributed by atoms with Crippen molar-refractivity contribution in [2.75, 3.05) is 0 Å². The van der Waals surface area contributed by atoms with Gasteiger partial charge in [0.15, 0.2) is 12.0 Å². The van der Waals surface area contributed by atoms with Crippen LogP contribution in [0.3, 0.4) is 0 Å². The van der Waals surface area contributed by atoms with Gasteiger partial charge in [-0.1, -0.05) is 0 Å². The molecule has 0 saturated carbocycles. The van der Waals surface area contributed by atoms with E-state index in [2.05, 4.69) is 0 Å². The van der Waals surface area contributed by atoms with E-state index in [0.29, 0.717) is 12.0 Å².